The fourth-order valence-corrected chi connectivity index (χ4v) is 5.28. The smallest absolute Gasteiger partial charge is 0.384 e. The summed E-state index contributed by atoms with van der Waals surface area (Å²) in [5, 5.41) is 7.52. The van der Waals surface area contributed by atoms with Crippen molar-refractivity contribution in [1.82, 2.24) is 5.32 Å². The Morgan fingerprint density at radius 1 is 1.03 bits per heavy atom. The van der Waals surface area contributed by atoms with Crippen LogP contribution in [-0.2, 0) is 21.0 Å². The molecule has 1 fully saturated rings. The van der Waals surface area contributed by atoms with E-state index in [-0.39, 0.29) is 6.61 Å². The normalized spacial score (nSPS) is 15.6. The van der Waals surface area contributed by atoms with Gasteiger partial charge in [-0.2, -0.15) is 0 Å². The van der Waals surface area contributed by atoms with Crippen LogP contribution in [0.15, 0.2) is 48.5 Å². The van der Waals surface area contributed by atoms with Gasteiger partial charge in [-0.3, -0.25) is 0 Å². The van der Waals surface area contributed by atoms with E-state index >= 15 is 0 Å². The van der Waals surface area contributed by atoms with Gasteiger partial charge in [0.15, 0.2) is 0 Å². The zero-order chi connectivity index (χ0) is 22.7. The number of anilines is 1. The fourth-order valence-electron chi connectivity index (χ4n) is 4.72. The molecule has 0 amide bonds. The second-order valence-electron chi connectivity index (χ2n) is 8.65. The van der Waals surface area contributed by atoms with Crippen molar-refractivity contribution in [3.63, 3.8) is 0 Å². The Bertz CT molecular complexity index is 844. The van der Waals surface area contributed by atoms with Gasteiger partial charge in [-0.05, 0) is 67.3 Å². The summed E-state index contributed by atoms with van der Waals surface area (Å²) in [5.74, 6) is 0. The van der Waals surface area contributed by atoms with Gasteiger partial charge in [0.2, 0.25) is 0 Å². The van der Waals surface area contributed by atoms with Crippen LogP contribution in [0.4, 0.5) is 5.69 Å². The summed E-state index contributed by atoms with van der Waals surface area (Å²) in [6.45, 7) is 2.61. The molecular formula is C25H35ClN2O3P+. The maximum Gasteiger partial charge on any atom is 0.694 e. The lowest BCUT2D eigenvalue weighted by Gasteiger charge is -2.30. The molecule has 0 aromatic heterocycles. The van der Waals surface area contributed by atoms with Gasteiger partial charge < -0.3 is 10.6 Å². The zero-order valence-corrected chi connectivity index (χ0v) is 20.3. The van der Waals surface area contributed by atoms with Gasteiger partial charge in [-0.1, -0.05) is 67.3 Å². The molecule has 1 saturated carbocycles. The van der Waals surface area contributed by atoms with Crippen LogP contribution in [0.25, 0.3) is 0 Å². The summed E-state index contributed by atoms with van der Waals surface area (Å²) >= 11 is 6.47. The molecule has 5 nitrogen and oxygen atoms in total. The lowest BCUT2D eigenvalue weighted by atomic mass is 9.75. The predicted octanol–water partition coefficient (Wildman–Crippen LogP) is 6.58. The number of nitrogens with one attached hydrogen (secondary N) is 2. The molecule has 1 aliphatic rings. The standard InChI is InChI=1S/C25H34ClN2O3P/c26-23-19-21(20-27-16-8-18-31-32(29)30)11-12-24(23)28-17-7-6-15-25(13-4-5-14-25)22-9-2-1-3-10-22/h1-3,9-12,19,27-28H,4-8,13-18,20H2/p+1. The van der Waals surface area contributed by atoms with Gasteiger partial charge in [0.1, 0.15) is 6.61 Å². The molecule has 2 aromatic carbocycles. The molecule has 7 heteroatoms. The third kappa shape index (κ3) is 7.83. The summed E-state index contributed by atoms with van der Waals surface area (Å²) in [6, 6.07) is 17.2. The first-order valence-electron chi connectivity index (χ1n) is 11.7. The molecular weight excluding hydrogens is 443 g/mol. The van der Waals surface area contributed by atoms with Crippen molar-refractivity contribution >= 4 is 25.5 Å². The van der Waals surface area contributed by atoms with Gasteiger partial charge in [0.05, 0.1) is 10.7 Å². The monoisotopic (exact) mass is 477 g/mol. The second kappa shape index (κ2) is 13.3. The molecule has 174 valence electrons. The Balaban J connectivity index is 1.36. The lowest BCUT2D eigenvalue weighted by Crippen LogP contribution is -2.22. The largest absolute Gasteiger partial charge is 0.694 e. The second-order valence-corrected chi connectivity index (χ2v) is 9.79. The molecule has 0 saturated heterocycles. The molecule has 1 atom stereocenters. The molecule has 0 aliphatic heterocycles. The number of rotatable bonds is 14. The lowest BCUT2D eigenvalue weighted by molar-refractivity contribution is 0.276. The van der Waals surface area contributed by atoms with Crippen molar-refractivity contribution in [3.05, 3.63) is 64.7 Å². The van der Waals surface area contributed by atoms with Crippen LogP contribution in [-0.4, -0.2) is 24.6 Å². The van der Waals surface area contributed by atoms with E-state index in [0.29, 0.717) is 24.9 Å². The first-order chi connectivity index (χ1) is 15.6. The molecule has 0 bridgehead atoms. The van der Waals surface area contributed by atoms with E-state index in [0.717, 1.165) is 29.2 Å². The van der Waals surface area contributed by atoms with Crippen LogP contribution < -0.4 is 10.6 Å². The van der Waals surface area contributed by atoms with Crippen molar-refractivity contribution in [2.75, 3.05) is 25.0 Å². The van der Waals surface area contributed by atoms with Crippen molar-refractivity contribution < 1.29 is 14.0 Å². The Kier molecular flexibility index (Phi) is 10.4. The van der Waals surface area contributed by atoms with Crippen LogP contribution in [0.1, 0.15) is 62.5 Å². The van der Waals surface area contributed by atoms with Crippen LogP contribution in [0.5, 0.6) is 0 Å². The maximum atomic E-state index is 10.5. The van der Waals surface area contributed by atoms with E-state index in [2.05, 4.69) is 51.6 Å². The summed E-state index contributed by atoms with van der Waals surface area (Å²) in [7, 11) is -2.50. The molecule has 2 aromatic rings. The minimum atomic E-state index is -2.50. The number of hydrogen-bond acceptors (Lipinski definition) is 4. The number of hydrogen-bond donors (Lipinski definition) is 3. The molecule has 0 heterocycles. The molecule has 0 radical (unpaired) electrons. The van der Waals surface area contributed by atoms with Gasteiger partial charge in [0.25, 0.3) is 0 Å². The third-order valence-electron chi connectivity index (χ3n) is 6.41. The zero-order valence-electron chi connectivity index (χ0n) is 18.7. The topological polar surface area (TPSA) is 70.6 Å². The average Bonchev–Trinajstić information content (AvgIpc) is 3.28. The maximum absolute atomic E-state index is 10.5. The molecule has 0 spiro atoms. The molecule has 32 heavy (non-hydrogen) atoms. The summed E-state index contributed by atoms with van der Waals surface area (Å²) in [4.78, 5) is 8.59. The molecule has 3 N–H and O–H groups in total. The van der Waals surface area contributed by atoms with Crippen LogP contribution in [0, 0.1) is 0 Å². The highest BCUT2D eigenvalue weighted by atomic mass is 35.5. The van der Waals surface area contributed by atoms with Crippen LogP contribution in [0.2, 0.25) is 5.02 Å². The number of halogens is 1. The molecule has 1 unspecified atom stereocenters. The predicted molar refractivity (Wildman–Crippen MR) is 132 cm³/mol. The van der Waals surface area contributed by atoms with E-state index in [4.69, 9.17) is 16.5 Å². The van der Waals surface area contributed by atoms with E-state index < -0.39 is 8.25 Å². The van der Waals surface area contributed by atoms with Gasteiger partial charge in [-0.15, -0.1) is 9.42 Å². The molecule has 1 aliphatic carbocycles. The van der Waals surface area contributed by atoms with Gasteiger partial charge >= 0.3 is 8.25 Å². The number of unbranched alkanes of at least 4 members (excludes halogenated alkanes) is 1. The van der Waals surface area contributed by atoms with Crippen molar-refractivity contribution in [2.45, 2.75) is 63.3 Å². The minimum Gasteiger partial charge on any atom is -0.384 e. The first-order valence-corrected chi connectivity index (χ1v) is 13.2. The van der Waals surface area contributed by atoms with Crippen molar-refractivity contribution in [3.8, 4) is 0 Å². The Morgan fingerprint density at radius 2 is 1.81 bits per heavy atom. The Hall–Kier alpha value is -1.49. The summed E-state index contributed by atoms with van der Waals surface area (Å²) in [5.41, 5.74) is 4.00. The van der Waals surface area contributed by atoms with Crippen molar-refractivity contribution in [2.24, 2.45) is 0 Å². The van der Waals surface area contributed by atoms with E-state index in [1.807, 2.05) is 12.1 Å². The van der Waals surface area contributed by atoms with E-state index in [1.54, 1.807) is 0 Å². The summed E-state index contributed by atoms with van der Waals surface area (Å²) in [6.07, 6.45) is 9.63. The highest BCUT2D eigenvalue weighted by molar-refractivity contribution is 7.32. The fraction of sp³-hybridized carbons (Fsp3) is 0.520. The third-order valence-corrected chi connectivity index (χ3v) is 7.12. The quantitative estimate of drug-likeness (QED) is 0.212. The first kappa shape index (κ1) is 25.1. The highest BCUT2D eigenvalue weighted by Gasteiger charge is 2.34. The summed E-state index contributed by atoms with van der Waals surface area (Å²) < 4.78 is 15.1. The van der Waals surface area contributed by atoms with Crippen LogP contribution >= 0.6 is 19.9 Å². The van der Waals surface area contributed by atoms with Crippen LogP contribution in [0.3, 0.4) is 0 Å². The minimum absolute atomic E-state index is 0.273. The van der Waals surface area contributed by atoms with Gasteiger partial charge in [-0.25, -0.2) is 0 Å². The molecule has 3 rings (SSSR count). The number of benzene rings is 2. The SMILES string of the molecule is O=[P+](O)OCCCNCc1ccc(NCCCCC2(c3ccccc3)CCCC2)c(Cl)c1. The Labute approximate surface area is 197 Å². The highest BCUT2D eigenvalue weighted by Crippen LogP contribution is 2.44. The average molecular weight is 478 g/mol. The Morgan fingerprint density at radius 3 is 2.53 bits per heavy atom. The van der Waals surface area contributed by atoms with E-state index in [9.17, 15) is 4.57 Å². The van der Waals surface area contributed by atoms with Gasteiger partial charge in [0, 0.05) is 17.7 Å². The van der Waals surface area contributed by atoms with Crippen molar-refractivity contribution in [1.29, 1.82) is 0 Å². The van der Waals surface area contributed by atoms with E-state index in [1.165, 1.54) is 44.1 Å².